The molecule has 0 aliphatic heterocycles. The van der Waals surface area contributed by atoms with E-state index in [1.165, 1.54) is 20.2 Å². The van der Waals surface area contributed by atoms with Gasteiger partial charge in [0.15, 0.2) is 17.8 Å². The number of nitrogens with zero attached hydrogens (tertiary/aromatic N) is 4. The van der Waals surface area contributed by atoms with Crippen LogP contribution in [0.2, 0.25) is 0 Å². The van der Waals surface area contributed by atoms with E-state index < -0.39 is 13.7 Å². The van der Waals surface area contributed by atoms with Gasteiger partial charge in [-0.05, 0) is 55.5 Å². The molecule has 4 rings (SSSR count). The molecular formula is C25H28N7O6P. The number of carbonyl (C=O) groups excluding carboxylic acids is 2. The van der Waals surface area contributed by atoms with Gasteiger partial charge in [0.05, 0.1) is 19.0 Å². The number of ether oxygens (including phenoxy) is 1. The summed E-state index contributed by atoms with van der Waals surface area (Å²) in [7, 11) is -3.92. The quantitative estimate of drug-likeness (QED) is 0.230. The van der Waals surface area contributed by atoms with Crippen molar-refractivity contribution in [2.24, 2.45) is 0 Å². The summed E-state index contributed by atoms with van der Waals surface area (Å²) in [5.41, 5.74) is 8.00. The fourth-order valence-corrected chi connectivity index (χ4v) is 5.04. The summed E-state index contributed by atoms with van der Waals surface area (Å²) in [6.07, 6.45) is 2.11. The fourth-order valence-electron chi connectivity index (χ4n) is 3.58. The molecule has 2 aromatic carbocycles. The highest BCUT2D eigenvalue weighted by Crippen LogP contribution is 2.49. The van der Waals surface area contributed by atoms with E-state index in [4.69, 9.17) is 19.5 Å². The molecule has 2 amide bonds. The number of benzene rings is 2. The van der Waals surface area contributed by atoms with Crippen molar-refractivity contribution in [2.75, 3.05) is 22.7 Å². The highest BCUT2D eigenvalue weighted by atomic mass is 31.2. The van der Waals surface area contributed by atoms with Crippen molar-refractivity contribution in [3.63, 3.8) is 0 Å². The number of rotatable bonds is 11. The van der Waals surface area contributed by atoms with Gasteiger partial charge in [-0.25, -0.2) is 19.5 Å². The Balaban J connectivity index is 1.49. The minimum absolute atomic E-state index is 0.220. The molecule has 4 N–H and O–H groups in total. The number of amides is 2. The summed E-state index contributed by atoms with van der Waals surface area (Å²) in [6.45, 7) is 4.93. The summed E-state index contributed by atoms with van der Waals surface area (Å²) in [5, 5.41) is 5.31. The molecule has 0 unspecified atom stereocenters. The Morgan fingerprint density at radius 1 is 0.923 bits per heavy atom. The summed E-state index contributed by atoms with van der Waals surface area (Å²) in [6, 6.07) is 12.7. The van der Waals surface area contributed by atoms with Crippen LogP contribution in [0.15, 0.2) is 61.2 Å². The number of aromatic nitrogens is 4. The Kier molecular flexibility index (Phi) is 8.43. The summed E-state index contributed by atoms with van der Waals surface area (Å²) in [5.74, 6) is 0.343. The lowest BCUT2D eigenvalue weighted by molar-refractivity contribution is -0.115. The van der Waals surface area contributed by atoms with E-state index in [1.54, 1.807) is 66.3 Å². The number of hydrogen-bond acceptors (Lipinski definition) is 10. The number of hydrogen-bond donors (Lipinski definition) is 3. The minimum Gasteiger partial charge on any atom is -0.415 e. The Morgan fingerprint density at radius 2 is 1.46 bits per heavy atom. The van der Waals surface area contributed by atoms with Crippen molar-refractivity contribution >= 4 is 47.8 Å². The molecule has 204 valence electrons. The molecule has 2 aromatic heterocycles. The van der Waals surface area contributed by atoms with Crippen LogP contribution in [0.25, 0.3) is 11.2 Å². The van der Waals surface area contributed by atoms with E-state index in [9.17, 15) is 14.2 Å². The lowest BCUT2D eigenvalue weighted by Gasteiger charge is -2.22. The van der Waals surface area contributed by atoms with Gasteiger partial charge in [0.1, 0.15) is 23.3 Å². The van der Waals surface area contributed by atoms with Crippen LogP contribution in [-0.4, -0.2) is 43.8 Å². The second-order valence-electron chi connectivity index (χ2n) is 8.64. The first-order chi connectivity index (χ1) is 18.6. The third-order valence-corrected chi connectivity index (χ3v) is 6.68. The van der Waals surface area contributed by atoms with Crippen molar-refractivity contribution < 1.29 is 27.9 Å². The normalized spacial score (nSPS) is 12.1. The second kappa shape index (κ2) is 11.9. The molecule has 13 nitrogen and oxygen atoms in total. The fraction of sp³-hybridized carbons (Fsp3) is 0.240. The van der Waals surface area contributed by atoms with E-state index in [0.717, 1.165) is 0 Å². The largest absolute Gasteiger partial charge is 0.456 e. The van der Waals surface area contributed by atoms with Gasteiger partial charge in [0, 0.05) is 25.2 Å². The molecule has 0 aliphatic carbocycles. The van der Waals surface area contributed by atoms with Gasteiger partial charge in [-0.15, -0.1) is 0 Å². The van der Waals surface area contributed by atoms with E-state index in [-0.39, 0.29) is 35.5 Å². The minimum atomic E-state index is -3.92. The molecule has 1 atom stereocenters. The Morgan fingerprint density at radius 3 is 1.97 bits per heavy atom. The van der Waals surface area contributed by atoms with Crippen molar-refractivity contribution in [3.05, 3.63) is 61.2 Å². The molecule has 0 bridgehead atoms. The van der Waals surface area contributed by atoms with Crippen molar-refractivity contribution in [2.45, 2.75) is 33.4 Å². The molecule has 39 heavy (non-hydrogen) atoms. The molecule has 2 heterocycles. The van der Waals surface area contributed by atoms with Gasteiger partial charge < -0.3 is 34.7 Å². The predicted molar refractivity (Wildman–Crippen MR) is 146 cm³/mol. The third kappa shape index (κ3) is 7.53. The average molecular weight is 554 g/mol. The molecule has 0 radical (unpaired) electrons. The first-order valence-electron chi connectivity index (χ1n) is 11.9. The number of nitrogen functional groups attached to an aromatic ring is 1. The maximum Gasteiger partial charge on any atom is 0.456 e. The van der Waals surface area contributed by atoms with Gasteiger partial charge in [0.2, 0.25) is 11.8 Å². The van der Waals surface area contributed by atoms with Crippen LogP contribution in [-0.2, 0) is 25.4 Å². The van der Waals surface area contributed by atoms with Gasteiger partial charge >= 0.3 is 7.60 Å². The lowest BCUT2D eigenvalue weighted by Crippen LogP contribution is -2.19. The second-order valence-corrected chi connectivity index (χ2v) is 10.5. The zero-order valence-electron chi connectivity index (χ0n) is 21.5. The average Bonchev–Trinajstić information content (AvgIpc) is 3.29. The molecule has 0 fully saturated rings. The molecular weight excluding hydrogens is 525 g/mol. The lowest BCUT2D eigenvalue weighted by atomic mass is 10.3. The van der Waals surface area contributed by atoms with Crippen molar-refractivity contribution in [1.82, 2.24) is 19.5 Å². The summed E-state index contributed by atoms with van der Waals surface area (Å²) < 4.78 is 33.1. The van der Waals surface area contributed by atoms with Crippen LogP contribution in [0.4, 0.5) is 17.2 Å². The van der Waals surface area contributed by atoms with Crippen LogP contribution in [0.5, 0.6) is 11.5 Å². The standard InChI is InChI=1S/C25H28N7O6P/c1-16(12-32-14-29-23-24(26)27-13-28-25(23)32)36-15-39(35,37-21-8-4-19(5-9-21)30-17(2)33)38-22-10-6-20(7-11-22)31-18(3)34/h4-11,13-14,16H,12,15H2,1-3H3,(H,30,33)(H,31,34)(H2,26,27,28)/t16-/m1/s1. The molecule has 0 spiro atoms. The zero-order valence-corrected chi connectivity index (χ0v) is 22.4. The smallest absolute Gasteiger partial charge is 0.415 e. The highest BCUT2D eigenvalue weighted by Gasteiger charge is 2.30. The summed E-state index contributed by atoms with van der Waals surface area (Å²) in [4.78, 5) is 35.0. The Hall–Kier alpha value is -4.48. The van der Waals surface area contributed by atoms with Gasteiger partial charge in [-0.3, -0.25) is 9.59 Å². The summed E-state index contributed by atoms with van der Waals surface area (Å²) >= 11 is 0. The molecule has 0 aliphatic rings. The SMILES string of the molecule is CC(=O)Nc1ccc(OP(=O)(CO[C@H](C)Cn2cnc3c(N)ncnc32)Oc2ccc(NC(C)=O)cc2)cc1. The monoisotopic (exact) mass is 553 g/mol. The van der Waals surface area contributed by atoms with Gasteiger partial charge in [-0.1, -0.05) is 0 Å². The van der Waals surface area contributed by atoms with Crippen molar-refractivity contribution in [1.29, 1.82) is 0 Å². The number of nitrogens with two attached hydrogens (primary N) is 1. The van der Waals surface area contributed by atoms with E-state index in [2.05, 4.69) is 25.6 Å². The maximum atomic E-state index is 13.9. The van der Waals surface area contributed by atoms with Crippen LogP contribution in [0.1, 0.15) is 20.8 Å². The topological polar surface area (TPSA) is 173 Å². The molecule has 4 aromatic rings. The molecule has 14 heteroatoms. The van der Waals surface area contributed by atoms with Crippen LogP contribution in [0.3, 0.4) is 0 Å². The van der Waals surface area contributed by atoms with Gasteiger partial charge in [0.25, 0.3) is 0 Å². The number of imidazole rings is 1. The molecule has 0 saturated carbocycles. The first kappa shape index (κ1) is 27.6. The van der Waals surface area contributed by atoms with Crippen molar-refractivity contribution in [3.8, 4) is 11.5 Å². The highest BCUT2D eigenvalue weighted by molar-refractivity contribution is 7.54. The van der Waals surface area contributed by atoms with Crippen LogP contribution >= 0.6 is 7.60 Å². The van der Waals surface area contributed by atoms with Crippen LogP contribution in [0, 0.1) is 0 Å². The predicted octanol–water partition coefficient (Wildman–Crippen LogP) is 4.04. The number of nitrogens with one attached hydrogen (secondary N) is 2. The molecule has 0 saturated heterocycles. The zero-order chi connectivity index (χ0) is 28.0. The number of anilines is 3. The number of fused-ring (bicyclic) bond motifs is 1. The first-order valence-corrected chi connectivity index (χ1v) is 13.6. The van der Waals surface area contributed by atoms with E-state index >= 15 is 0 Å². The Labute approximate surface area is 224 Å². The van der Waals surface area contributed by atoms with E-state index in [0.29, 0.717) is 29.1 Å². The maximum absolute atomic E-state index is 13.9. The third-order valence-electron chi connectivity index (χ3n) is 5.24. The Bertz CT molecular complexity index is 1440. The number of carbonyl (C=O) groups is 2. The van der Waals surface area contributed by atoms with E-state index in [1.807, 2.05) is 0 Å². The van der Waals surface area contributed by atoms with Crippen LogP contribution < -0.4 is 25.4 Å². The van der Waals surface area contributed by atoms with Gasteiger partial charge in [-0.2, -0.15) is 0 Å².